The largest absolute Gasteiger partial charge is 0.507 e. The van der Waals surface area contributed by atoms with Gasteiger partial charge in [-0.2, -0.15) is 0 Å². The highest BCUT2D eigenvalue weighted by Crippen LogP contribution is 2.40. The van der Waals surface area contributed by atoms with E-state index in [1.807, 2.05) is 12.1 Å². The number of amides is 1. The summed E-state index contributed by atoms with van der Waals surface area (Å²) in [6.45, 7) is 4.38. The van der Waals surface area contributed by atoms with Gasteiger partial charge in [0.2, 0.25) is 0 Å². The number of carbonyl (C=O) groups excluding carboxylic acids is 2. The van der Waals surface area contributed by atoms with Gasteiger partial charge in [-0.25, -0.2) is 0 Å². The van der Waals surface area contributed by atoms with Crippen molar-refractivity contribution in [3.05, 3.63) is 69.7 Å². The number of ketones is 1. The van der Waals surface area contributed by atoms with Crippen LogP contribution in [0.1, 0.15) is 23.6 Å². The molecule has 1 N–H and O–H groups in total. The van der Waals surface area contributed by atoms with Crippen LogP contribution in [0.5, 0.6) is 5.75 Å². The Morgan fingerprint density at radius 2 is 1.73 bits per heavy atom. The number of halogens is 1. The van der Waals surface area contributed by atoms with Crippen molar-refractivity contribution in [1.29, 1.82) is 0 Å². The van der Waals surface area contributed by atoms with Crippen LogP contribution in [0.15, 0.2) is 58.6 Å². The monoisotopic (exact) mass is 514 g/mol. The van der Waals surface area contributed by atoms with E-state index in [1.54, 1.807) is 48.4 Å². The summed E-state index contributed by atoms with van der Waals surface area (Å²) >= 11 is 3.38. The van der Waals surface area contributed by atoms with Gasteiger partial charge in [-0.05, 0) is 36.2 Å². The maximum absolute atomic E-state index is 13.1. The van der Waals surface area contributed by atoms with Crippen molar-refractivity contribution < 1.29 is 24.2 Å². The first kappa shape index (κ1) is 23.5. The number of rotatable bonds is 7. The number of aliphatic hydroxyl groups is 1. The molecule has 0 aliphatic carbocycles. The molecule has 1 atom stereocenters. The molecule has 4 rings (SSSR count). The van der Waals surface area contributed by atoms with E-state index in [0.29, 0.717) is 31.1 Å². The van der Waals surface area contributed by atoms with E-state index in [-0.39, 0.29) is 11.3 Å². The molecule has 2 aromatic carbocycles. The first-order valence-electron chi connectivity index (χ1n) is 11.0. The fourth-order valence-electron chi connectivity index (χ4n) is 4.30. The Morgan fingerprint density at radius 1 is 1.06 bits per heavy atom. The fourth-order valence-corrected chi connectivity index (χ4v) is 4.56. The summed E-state index contributed by atoms with van der Waals surface area (Å²) in [6, 6.07) is 13.6. The van der Waals surface area contributed by atoms with Gasteiger partial charge in [0.15, 0.2) is 0 Å². The minimum atomic E-state index is -0.664. The topological polar surface area (TPSA) is 79.3 Å². The third-order valence-electron chi connectivity index (χ3n) is 6.07. The molecule has 7 nitrogen and oxygen atoms in total. The molecule has 2 aromatic rings. The average Bonchev–Trinajstić information content (AvgIpc) is 3.10. The van der Waals surface area contributed by atoms with Gasteiger partial charge < -0.3 is 19.5 Å². The molecule has 2 fully saturated rings. The van der Waals surface area contributed by atoms with Crippen LogP contribution < -0.4 is 4.74 Å². The standard InChI is InChI=1S/C25H27BrN2O5/c1-32-20-9-5-17(6-10-20)22-21(23(29)18-3-7-19(26)8-4-18)24(30)25(31)28(22)12-2-11-27-13-15-33-16-14-27/h3-10,22,29H,2,11-16H2,1H3/b23-21-. The van der Waals surface area contributed by atoms with Crippen molar-refractivity contribution in [1.82, 2.24) is 9.80 Å². The molecule has 0 saturated carbocycles. The van der Waals surface area contributed by atoms with Gasteiger partial charge >= 0.3 is 0 Å². The number of hydrogen-bond acceptors (Lipinski definition) is 6. The predicted octanol–water partition coefficient (Wildman–Crippen LogP) is 3.60. The van der Waals surface area contributed by atoms with Crippen molar-refractivity contribution >= 4 is 33.4 Å². The first-order valence-corrected chi connectivity index (χ1v) is 11.8. The van der Waals surface area contributed by atoms with Gasteiger partial charge in [0, 0.05) is 36.2 Å². The Labute approximate surface area is 201 Å². The van der Waals surface area contributed by atoms with E-state index in [1.165, 1.54) is 0 Å². The van der Waals surface area contributed by atoms with E-state index in [4.69, 9.17) is 9.47 Å². The number of nitrogens with zero attached hydrogens (tertiary/aromatic N) is 2. The number of benzene rings is 2. The second-order valence-electron chi connectivity index (χ2n) is 8.08. The van der Waals surface area contributed by atoms with Crippen LogP contribution in [0.4, 0.5) is 0 Å². The van der Waals surface area contributed by atoms with Gasteiger partial charge in [-0.15, -0.1) is 0 Å². The highest BCUT2D eigenvalue weighted by Gasteiger charge is 2.45. The third-order valence-corrected chi connectivity index (χ3v) is 6.59. The second-order valence-corrected chi connectivity index (χ2v) is 9.00. The normalized spacial score (nSPS) is 20.9. The van der Waals surface area contributed by atoms with Gasteiger partial charge in [0.25, 0.3) is 11.7 Å². The van der Waals surface area contributed by atoms with Crippen LogP contribution in [-0.4, -0.2) is 73.1 Å². The molecule has 2 aliphatic heterocycles. The van der Waals surface area contributed by atoms with Crippen LogP contribution in [0.3, 0.4) is 0 Å². The molecular weight excluding hydrogens is 488 g/mol. The lowest BCUT2D eigenvalue weighted by atomic mass is 9.95. The number of hydrogen-bond donors (Lipinski definition) is 1. The van der Waals surface area contributed by atoms with Gasteiger partial charge in [0.1, 0.15) is 11.5 Å². The average molecular weight is 515 g/mol. The molecular formula is C25H27BrN2O5. The summed E-state index contributed by atoms with van der Waals surface area (Å²) in [4.78, 5) is 30.0. The first-order chi connectivity index (χ1) is 16.0. The predicted molar refractivity (Wildman–Crippen MR) is 128 cm³/mol. The van der Waals surface area contributed by atoms with Crippen molar-refractivity contribution in [2.24, 2.45) is 0 Å². The number of aliphatic hydroxyl groups excluding tert-OH is 1. The van der Waals surface area contributed by atoms with Gasteiger partial charge in [0.05, 0.1) is 31.9 Å². The maximum Gasteiger partial charge on any atom is 0.295 e. The molecule has 1 unspecified atom stereocenters. The molecule has 174 valence electrons. The lowest BCUT2D eigenvalue weighted by molar-refractivity contribution is -0.140. The highest BCUT2D eigenvalue weighted by molar-refractivity contribution is 9.10. The molecule has 33 heavy (non-hydrogen) atoms. The fraction of sp³-hybridized carbons (Fsp3) is 0.360. The Bertz CT molecular complexity index is 1030. The summed E-state index contributed by atoms with van der Waals surface area (Å²) < 4.78 is 11.5. The van der Waals surface area contributed by atoms with Crippen molar-refractivity contribution in [3.63, 3.8) is 0 Å². The summed E-state index contributed by atoms with van der Waals surface area (Å²) in [5.74, 6) is -0.743. The zero-order valence-corrected chi connectivity index (χ0v) is 20.1. The SMILES string of the molecule is COc1ccc(C2/C(=C(/O)c3ccc(Br)cc3)C(=O)C(=O)N2CCCN2CCOCC2)cc1. The zero-order valence-electron chi connectivity index (χ0n) is 18.5. The molecule has 2 saturated heterocycles. The summed E-state index contributed by atoms with van der Waals surface area (Å²) in [5.41, 5.74) is 1.35. The van der Waals surface area contributed by atoms with Gasteiger partial charge in [-0.1, -0.05) is 40.2 Å². The van der Waals surface area contributed by atoms with Crippen LogP contribution in [0.25, 0.3) is 5.76 Å². The molecule has 2 aliphatic rings. The van der Waals surface area contributed by atoms with Gasteiger partial charge in [-0.3, -0.25) is 14.5 Å². The van der Waals surface area contributed by atoms with Crippen molar-refractivity contribution in [2.45, 2.75) is 12.5 Å². The smallest absolute Gasteiger partial charge is 0.295 e. The minimum Gasteiger partial charge on any atom is -0.507 e. The van der Waals surface area contributed by atoms with E-state index in [9.17, 15) is 14.7 Å². The Hall–Kier alpha value is -2.68. The molecule has 0 spiro atoms. The van der Waals surface area contributed by atoms with Crippen molar-refractivity contribution in [2.75, 3.05) is 46.5 Å². The summed E-state index contributed by atoms with van der Waals surface area (Å²) in [5, 5.41) is 11.1. The quantitative estimate of drug-likeness (QED) is 0.345. The van der Waals surface area contributed by atoms with E-state index < -0.39 is 17.7 Å². The Balaban J connectivity index is 1.66. The van der Waals surface area contributed by atoms with Crippen LogP contribution in [-0.2, 0) is 14.3 Å². The van der Waals surface area contributed by atoms with E-state index >= 15 is 0 Å². The minimum absolute atomic E-state index is 0.110. The lowest BCUT2D eigenvalue weighted by Gasteiger charge is -2.29. The Morgan fingerprint density at radius 3 is 2.36 bits per heavy atom. The molecule has 1 amide bonds. The number of Topliss-reactive ketones (excluding diaryl/α,β-unsaturated/α-hetero) is 1. The molecule has 2 heterocycles. The molecule has 0 radical (unpaired) electrons. The van der Waals surface area contributed by atoms with Crippen molar-refractivity contribution in [3.8, 4) is 5.75 Å². The summed E-state index contributed by atoms with van der Waals surface area (Å²) in [7, 11) is 1.58. The highest BCUT2D eigenvalue weighted by atomic mass is 79.9. The Kier molecular flexibility index (Phi) is 7.47. The molecule has 0 bridgehead atoms. The number of likely N-dealkylation sites (tertiary alicyclic amines) is 1. The number of methoxy groups -OCH3 is 1. The van der Waals surface area contributed by atoms with E-state index in [2.05, 4.69) is 20.8 Å². The van der Waals surface area contributed by atoms with E-state index in [0.717, 1.165) is 36.1 Å². The molecule has 0 aromatic heterocycles. The number of morpholine rings is 1. The van der Waals surface area contributed by atoms with Crippen LogP contribution in [0, 0.1) is 0 Å². The third kappa shape index (κ3) is 5.13. The van der Waals surface area contributed by atoms with Crippen LogP contribution in [0.2, 0.25) is 0 Å². The maximum atomic E-state index is 13.1. The number of carbonyl (C=O) groups is 2. The summed E-state index contributed by atoms with van der Waals surface area (Å²) in [6.07, 6.45) is 0.720. The number of ether oxygens (including phenoxy) is 2. The zero-order chi connectivity index (χ0) is 23.4. The second kappa shape index (κ2) is 10.5. The molecule has 8 heteroatoms. The van der Waals surface area contributed by atoms with Crippen LogP contribution >= 0.6 is 15.9 Å². The lowest BCUT2D eigenvalue weighted by Crippen LogP contribution is -2.38.